The standard InChI is InChI=1S/C14H18F2O3S/c1-2-11-12(7-13(11)17)9-3-5-10(6-4-9)20(18,19)8-14(15)16/h3-6,11-14,17H,2,7-8H2,1H3. The van der Waals surface area contributed by atoms with Crippen LogP contribution in [0.25, 0.3) is 0 Å². The minimum Gasteiger partial charge on any atom is -0.393 e. The molecule has 20 heavy (non-hydrogen) atoms. The minimum atomic E-state index is -3.92. The predicted molar refractivity (Wildman–Crippen MR) is 71.6 cm³/mol. The summed E-state index contributed by atoms with van der Waals surface area (Å²) in [5.74, 6) is -0.730. The SMILES string of the molecule is CCC1C(O)CC1c1ccc(S(=O)(=O)CC(F)F)cc1. The third kappa shape index (κ3) is 3.01. The largest absolute Gasteiger partial charge is 0.393 e. The lowest BCUT2D eigenvalue weighted by atomic mass is 9.66. The molecular weight excluding hydrogens is 286 g/mol. The molecule has 1 saturated carbocycles. The first kappa shape index (κ1) is 15.4. The summed E-state index contributed by atoms with van der Waals surface area (Å²) in [6.45, 7) is 2.00. The van der Waals surface area contributed by atoms with Crippen molar-refractivity contribution < 1.29 is 22.3 Å². The van der Waals surface area contributed by atoms with E-state index in [0.29, 0.717) is 6.42 Å². The maximum absolute atomic E-state index is 12.2. The fraction of sp³-hybridized carbons (Fsp3) is 0.571. The van der Waals surface area contributed by atoms with Crippen LogP contribution in [0.15, 0.2) is 29.2 Å². The molecule has 1 N–H and O–H groups in total. The van der Waals surface area contributed by atoms with Crippen LogP contribution in [0.5, 0.6) is 0 Å². The van der Waals surface area contributed by atoms with Crippen LogP contribution in [0, 0.1) is 5.92 Å². The smallest absolute Gasteiger partial charge is 0.252 e. The number of hydrogen-bond donors (Lipinski definition) is 1. The van der Waals surface area contributed by atoms with Gasteiger partial charge >= 0.3 is 0 Å². The molecule has 3 nitrogen and oxygen atoms in total. The molecule has 0 aliphatic heterocycles. The fourth-order valence-electron chi connectivity index (χ4n) is 2.81. The van der Waals surface area contributed by atoms with Gasteiger partial charge < -0.3 is 5.11 Å². The Bertz CT molecular complexity index is 554. The van der Waals surface area contributed by atoms with Gasteiger partial charge in [0.2, 0.25) is 0 Å². The quantitative estimate of drug-likeness (QED) is 0.909. The second-order valence-electron chi connectivity index (χ2n) is 5.22. The molecule has 6 heteroatoms. The highest BCUT2D eigenvalue weighted by Gasteiger charge is 2.39. The van der Waals surface area contributed by atoms with Crippen molar-refractivity contribution in [2.24, 2.45) is 5.92 Å². The van der Waals surface area contributed by atoms with Crippen LogP contribution < -0.4 is 0 Å². The van der Waals surface area contributed by atoms with Gasteiger partial charge in [0.1, 0.15) is 5.75 Å². The molecule has 0 radical (unpaired) electrons. The number of halogens is 2. The zero-order chi connectivity index (χ0) is 14.9. The number of hydrogen-bond acceptors (Lipinski definition) is 3. The van der Waals surface area contributed by atoms with Crippen molar-refractivity contribution in [2.45, 2.75) is 43.1 Å². The van der Waals surface area contributed by atoms with E-state index in [9.17, 15) is 22.3 Å². The van der Waals surface area contributed by atoms with E-state index in [0.717, 1.165) is 12.0 Å². The lowest BCUT2D eigenvalue weighted by Gasteiger charge is -2.41. The maximum atomic E-state index is 12.2. The Kier molecular flexibility index (Phi) is 4.44. The van der Waals surface area contributed by atoms with Crippen LogP contribution in [0.4, 0.5) is 8.78 Å². The lowest BCUT2D eigenvalue weighted by Crippen LogP contribution is -2.39. The number of aliphatic hydroxyl groups is 1. The van der Waals surface area contributed by atoms with Gasteiger partial charge in [-0.2, -0.15) is 0 Å². The van der Waals surface area contributed by atoms with E-state index in [4.69, 9.17) is 0 Å². The monoisotopic (exact) mass is 304 g/mol. The van der Waals surface area contributed by atoms with Gasteiger partial charge in [-0.1, -0.05) is 25.5 Å². The van der Waals surface area contributed by atoms with Crippen molar-refractivity contribution in [3.8, 4) is 0 Å². The molecule has 3 atom stereocenters. The minimum absolute atomic E-state index is 0.0746. The molecule has 0 spiro atoms. The Labute approximate surface area is 117 Å². The molecule has 0 aromatic heterocycles. The number of rotatable bonds is 5. The van der Waals surface area contributed by atoms with E-state index < -0.39 is 22.0 Å². The number of aliphatic hydroxyl groups excluding tert-OH is 1. The van der Waals surface area contributed by atoms with Crippen LogP contribution in [-0.2, 0) is 9.84 Å². The van der Waals surface area contributed by atoms with Crippen molar-refractivity contribution in [1.29, 1.82) is 0 Å². The van der Waals surface area contributed by atoms with Gasteiger partial charge in [-0.3, -0.25) is 0 Å². The summed E-state index contributed by atoms with van der Waals surface area (Å²) in [5.41, 5.74) is 0.957. The van der Waals surface area contributed by atoms with Gasteiger partial charge in [0.25, 0.3) is 6.43 Å². The van der Waals surface area contributed by atoms with Gasteiger partial charge in [0.15, 0.2) is 9.84 Å². The third-order valence-corrected chi connectivity index (χ3v) is 5.67. The van der Waals surface area contributed by atoms with Gasteiger partial charge in [0, 0.05) is 0 Å². The molecule has 1 fully saturated rings. The number of benzene rings is 1. The van der Waals surface area contributed by atoms with Crippen LogP contribution in [0.2, 0.25) is 0 Å². The van der Waals surface area contributed by atoms with E-state index in [1.807, 2.05) is 6.92 Å². The summed E-state index contributed by atoms with van der Waals surface area (Å²) < 4.78 is 47.8. The Morgan fingerprint density at radius 3 is 2.35 bits per heavy atom. The van der Waals surface area contributed by atoms with E-state index in [2.05, 4.69) is 0 Å². The van der Waals surface area contributed by atoms with Gasteiger partial charge in [-0.25, -0.2) is 17.2 Å². The van der Waals surface area contributed by atoms with Gasteiger partial charge in [0.05, 0.1) is 11.0 Å². The van der Waals surface area contributed by atoms with Crippen LogP contribution >= 0.6 is 0 Å². The van der Waals surface area contributed by atoms with Crippen LogP contribution in [0.1, 0.15) is 31.2 Å². The molecule has 1 aliphatic rings. The topological polar surface area (TPSA) is 54.4 Å². The molecule has 0 heterocycles. The normalized spacial score (nSPS) is 26.6. The van der Waals surface area contributed by atoms with E-state index >= 15 is 0 Å². The second-order valence-corrected chi connectivity index (χ2v) is 7.26. The van der Waals surface area contributed by atoms with E-state index in [1.165, 1.54) is 12.1 Å². The molecule has 1 aliphatic carbocycles. The van der Waals surface area contributed by atoms with E-state index in [1.54, 1.807) is 12.1 Å². The van der Waals surface area contributed by atoms with Gasteiger partial charge in [-0.15, -0.1) is 0 Å². The molecule has 2 rings (SSSR count). The molecule has 0 amide bonds. The molecule has 0 bridgehead atoms. The summed E-state index contributed by atoms with van der Waals surface area (Å²) in [4.78, 5) is -0.0746. The maximum Gasteiger partial charge on any atom is 0.252 e. The summed E-state index contributed by atoms with van der Waals surface area (Å²) >= 11 is 0. The first-order chi connectivity index (χ1) is 9.35. The highest BCUT2D eigenvalue weighted by molar-refractivity contribution is 7.91. The summed E-state index contributed by atoms with van der Waals surface area (Å²) in [5, 5.41) is 9.64. The summed E-state index contributed by atoms with van der Waals surface area (Å²) in [6.07, 6.45) is -1.64. The molecule has 3 unspecified atom stereocenters. The second kappa shape index (κ2) is 5.77. The van der Waals surface area contributed by atoms with Crippen molar-refractivity contribution in [3.63, 3.8) is 0 Å². The average Bonchev–Trinajstić information content (AvgIpc) is 2.35. The first-order valence-corrected chi connectivity index (χ1v) is 8.29. The molecular formula is C14H18F2O3S. The predicted octanol–water partition coefficient (Wildman–Crippen LogP) is 2.60. The Hall–Kier alpha value is -1.01. The highest BCUT2D eigenvalue weighted by Crippen LogP contribution is 2.44. The fourth-order valence-corrected chi connectivity index (χ4v) is 3.88. The van der Waals surface area contributed by atoms with Gasteiger partial charge in [-0.05, 0) is 36.0 Å². The zero-order valence-corrected chi connectivity index (χ0v) is 12.0. The summed E-state index contributed by atoms with van der Waals surface area (Å²) in [7, 11) is -3.92. The molecule has 0 saturated heterocycles. The molecule has 1 aromatic rings. The zero-order valence-electron chi connectivity index (χ0n) is 11.2. The van der Waals surface area contributed by atoms with Crippen molar-refractivity contribution in [3.05, 3.63) is 29.8 Å². The number of sulfone groups is 1. The average molecular weight is 304 g/mol. The van der Waals surface area contributed by atoms with E-state index in [-0.39, 0.29) is 22.8 Å². The Morgan fingerprint density at radius 2 is 1.90 bits per heavy atom. The van der Waals surface area contributed by atoms with Crippen molar-refractivity contribution >= 4 is 9.84 Å². The van der Waals surface area contributed by atoms with Crippen LogP contribution in [-0.4, -0.2) is 31.8 Å². The Morgan fingerprint density at radius 1 is 1.30 bits per heavy atom. The van der Waals surface area contributed by atoms with Crippen LogP contribution in [0.3, 0.4) is 0 Å². The van der Waals surface area contributed by atoms with Crippen molar-refractivity contribution in [1.82, 2.24) is 0 Å². The van der Waals surface area contributed by atoms with Crippen molar-refractivity contribution in [2.75, 3.05) is 5.75 Å². The Balaban J connectivity index is 2.15. The highest BCUT2D eigenvalue weighted by atomic mass is 32.2. The summed E-state index contributed by atoms with van der Waals surface area (Å²) in [6, 6.07) is 6.09. The number of alkyl halides is 2. The molecule has 112 valence electrons. The first-order valence-electron chi connectivity index (χ1n) is 6.64. The third-order valence-electron chi connectivity index (χ3n) is 3.99. The lowest BCUT2D eigenvalue weighted by molar-refractivity contribution is -0.000744. The molecule has 1 aromatic carbocycles.